The Balaban J connectivity index is 2.20. The van der Waals surface area contributed by atoms with E-state index in [1.807, 2.05) is 24.0 Å². The van der Waals surface area contributed by atoms with Crippen LogP contribution in [-0.2, 0) is 10.2 Å². The van der Waals surface area contributed by atoms with Gasteiger partial charge in [0.05, 0.1) is 12.1 Å². The minimum Gasteiger partial charge on any atom is -0.508 e. The first-order valence-corrected chi connectivity index (χ1v) is 10.6. The van der Waals surface area contributed by atoms with E-state index >= 15 is 0 Å². The van der Waals surface area contributed by atoms with Crippen molar-refractivity contribution >= 4 is 5.91 Å². The van der Waals surface area contributed by atoms with E-state index in [0.717, 1.165) is 17.5 Å². The van der Waals surface area contributed by atoms with E-state index in [0.29, 0.717) is 25.8 Å². The highest BCUT2D eigenvalue weighted by atomic mass is 16.3. The fraction of sp³-hybridized carbons (Fsp3) is 0.696. The Morgan fingerprint density at radius 1 is 1.22 bits per heavy atom. The summed E-state index contributed by atoms with van der Waals surface area (Å²) in [5.74, 6) is 0.314. The summed E-state index contributed by atoms with van der Waals surface area (Å²) in [6.07, 6.45) is 7.14. The van der Waals surface area contributed by atoms with Crippen LogP contribution in [0.1, 0.15) is 96.2 Å². The number of phenols is 1. The molecule has 1 aromatic rings. The third-order valence-electron chi connectivity index (χ3n) is 6.02. The molecule has 1 saturated heterocycles. The summed E-state index contributed by atoms with van der Waals surface area (Å²) >= 11 is 0. The summed E-state index contributed by atoms with van der Waals surface area (Å²) in [5, 5.41) is 20.9. The van der Waals surface area contributed by atoms with Crippen LogP contribution in [0.3, 0.4) is 0 Å². The van der Waals surface area contributed by atoms with Gasteiger partial charge in [0.1, 0.15) is 5.75 Å². The first-order chi connectivity index (χ1) is 12.8. The van der Waals surface area contributed by atoms with Crippen LogP contribution in [0.5, 0.6) is 5.75 Å². The maximum Gasteiger partial charge on any atom is 0.222 e. The Morgan fingerprint density at radius 2 is 1.96 bits per heavy atom. The lowest BCUT2D eigenvalue weighted by atomic mass is 9.79. The van der Waals surface area contributed by atoms with Gasteiger partial charge in [-0.3, -0.25) is 4.79 Å². The van der Waals surface area contributed by atoms with Crippen LogP contribution < -0.4 is 0 Å². The van der Waals surface area contributed by atoms with E-state index in [1.54, 1.807) is 0 Å². The molecular weight excluding hydrogens is 338 g/mol. The summed E-state index contributed by atoms with van der Waals surface area (Å²) in [7, 11) is 0. The van der Waals surface area contributed by atoms with Crippen LogP contribution in [0.2, 0.25) is 0 Å². The lowest BCUT2D eigenvalue weighted by Crippen LogP contribution is -2.42. The fourth-order valence-electron chi connectivity index (χ4n) is 4.13. The van der Waals surface area contributed by atoms with Gasteiger partial charge in [0, 0.05) is 18.5 Å². The van der Waals surface area contributed by atoms with Crippen molar-refractivity contribution in [3.8, 4) is 5.75 Å². The molecule has 2 N–H and O–H groups in total. The summed E-state index contributed by atoms with van der Waals surface area (Å²) in [6, 6.07) is 5.66. The number of benzene rings is 1. The van der Waals surface area contributed by atoms with E-state index in [-0.39, 0.29) is 23.1 Å². The predicted octanol–water partition coefficient (Wildman–Crippen LogP) is 5.07. The minimum absolute atomic E-state index is 0.00869. The number of aromatic hydroxyl groups is 1. The topological polar surface area (TPSA) is 60.8 Å². The van der Waals surface area contributed by atoms with Gasteiger partial charge in [-0.15, -0.1) is 0 Å². The van der Waals surface area contributed by atoms with Crippen molar-refractivity contribution in [2.45, 2.75) is 96.6 Å². The van der Waals surface area contributed by atoms with Gasteiger partial charge in [0.15, 0.2) is 0 Å². The molecule has 27 heavy (non-hydrogen) atoms. The van der Waals surface area contributed by atoms with Crippen LogP contribution in [0, 0.1) is 0 Å². The number of likely N-dealkylation sites (tertiary alicyclic amines) is 1. The van der Waals surface area contributed by atoms with Crippen LogP contribution in [-0.4, -0.2) is 33.7 Å². The summed E-state index contributed by atoms with van der Waals surface area (Å²) < 4.78 is 0. The second-order valence-electron chi connectivity index (χ2n) is 8.60. The molecule has 2 atom stereocenters. The number of nitrogens with zero attached hydrogens (tertiary/aromatic N) is 1. The normalized spacial score (nSPS) is 20.7. The van der Waals surface area contributed by atoms with Gasteiger partial charge < -0.3 is 15.1 Å². The van der Waals surface area contributed by atoms with Crippen molar-refractivity contribution in [2.75, 3.05) is 6.54 Å². The molecule has 152 valence electrons. The first kappa shape index (κ1) is 21.7. The standard InChI is InChI=1S/C23H37NO3/c1-5-7-8-9-13-23(3,4)17-10-11-19(21(26)15-17)20-16-18(25)12-14-24(20)22(27)6-2/h10-11,15,18,20,25-26H,5-9,12-14,16H2,1-4H3/t18-,20+/m1/s1. The Kier molecular flexibility index (Phi) is 7.72. The van der Waals surface area contributed by atoms with Crippen molar-refractivity contribution < 1.29 is 15.0 Å². The lowest BCUT2D eigenvalue weighted by Gasteiger charge is -2.38. The van der Waals surface area contributed by atoms with Crippen molar-refractivity contribution in [3.05, 3.63) is 29.3 Å². The highest BCUT2D eigenvalue weighted by Gasteiger charge is 2.33. The van der Waals surface area contributed by atoms with Crippen molar-refractivity contribution in [3.63, 3.8) is 0 Å². The summed E-state index contributed by atoms with van der Waals surface area (Å²) in [5.41, 5.74) is 1.89. The number of hydrogen-bond acceptors (Lipinski definition) is 3. The van der Waals surface area contributed by atoms with Gasteiger partial charge in [0.25, 0.3) is 0 Å². The number of aliphatic hydroxyl groups excluding tert-OH is 1. The summed E-state index contributed by atoms with van der Waals surface area (Å²) in [4.78, 5) is 14.1. The first-order valence-electron chi connectivity index (χ1n) is 10.6. The van der Waals surface area contributed by atoms with E-state index in [2.05, 4.69) is 26.8 Å². The molecule has 1 fully saturated rings. The number of piperidine rings is 1. The van der Waals surface area contributed by atoms with Gasteiger partial charge in [-0.2, -0.15) is 0 Å². The van der Waals surface area contributed by atoms with Crippen LogP contribution in [0.15, 0.2) is 18.2 Å². The molecule has 0 radical (unpaired) electrons. The van der Waals surface area contributed by atoms with E-state index in [1.165, 1.54) is 25.7 Å². The molecule has 0 saturated carbocycles. The molecule has 0 spiro atoms. The molecule has 0 aliphatic carbocycles. The Bertz CT molecular complexity index is 626. The molecule has 0 unspecified atom stereocenters. The zero-order chi connectivity index (χ0) is 20.0. The SMILES string of the molecule is CCCCCCC(C)(C)c1ccc([C@@H]2C[C@H](O)CCN2C(=O)CC)c(O)c1. The number of unbranched alkanes of at least 4 members (excludes halogenated alkanes) is 3. The van der Waals surface area contributed by atoms with E-state index in [9.17, 15) is 15.0 Å². The number of phenolic OH excluding ortho intramolecular Hbond substituents is 1. The maximum atomic E-state index is 12.3. The van der Waals surface area contributed by atoms with Gasteiger partial charge in [-0.1, -0.05) is 65.5 Å². The third kappa shape index (κ3) is 5.47. The molecule has 1 aliphatic rings. The number of aliphatic hydroxyl groups is 1. The molecule has 4 heteroatoms. The second-order valence-corrected chi connectivity index (χ2v) is 8.60. The molecule has 2 rings (SSSR count). The number of amides is 1. The molecule has 1 aromatic carbocycles. The van der Waals surface area contributed by atoms with Crippen molar-refractivity contribution in [2.24, 2.45) is 0 Å². The molecule has 1 amide bonds. The smallest absolute Gasteiger partial charge is 0.222 e. The predicted molar refractivity (Wildman–Crippen MR) is 110 cm³/mol. The van der Waals surface area contributed by atoms with Crippen LogP contribution in [0.4, 0.5) is 0 Å². The van der Waals surface area contributed by atoms with Crippen molar-refractivity contribution in [1.82, 2.24) is 4.90 Å². The minimum atomic E-state index is -0.426. The van der Waals surface area contributed by atoms with Crippen LogP contribution in [0.25, 0.3) is 0 Å². The maximum absolute atomic E-state index is 12.3. The molecule has 1 heterocycles. The Morgan fingerprint density at radius 3 is 2.59 bits per heavy atom. The number of carbonyl (C=O) groups is 1. The van der Waals surface area contributed by atoms with E-state index < -0.39 is 6.10 Å². The molecular formula is C23H37NO3. The molecule has 4 nitrogen and oxygen atoms in total. The Hall–Kier alpha value is -1.55. The van der Waals surface area contributed by atoms with Gasteiger partial charge in [-0.05, 0) is 36.3 Å². The van der Waals surface area contributed by atoms with Crippen molar-refractivity contribution in [1.29, 1.82) is 0 Å². The number of hydrogen-bond donors (Lipinski definition) is 2. The monoisotopic (exact) mass is 375 g/mol. The molecule has 0 bridgehead atoms. The highest BCUT2D eigenvalue weighted by molar-refractivity contribution is 5.76. The third-order valence-corrected chi connectivity index (χ3v) is 6.02. The molecule has 1 aliphatic heterocycles. The zero-order valence-corrected chi connectivity index (χ0v) is 17.5. The summed E-state index contributed by atoms with van der Waals surface area (Å²) in [6.45, 7) is 9.07. The average Bonchev–Trinajstić information content (AvgIpc) is 2.64. The van der Waals surface area contributed by atoms with Gasteiger partial charge in [0.2, 0.25) is 5.91 Å². The largest absolute Gasteiger partial charge is 0.508 e. The second kappa shape index (κ2) is 9.59. The number of carbonyl (C=O) groups excluding carboxylic acids is 1. The molecule has 0 aromatic heterocycles. The van der Waals surface area contributed by atoms with Gasteiger partial charge in [-0.25, -0.2) is 0 Å². The Labute approximate surface area is 164 Å². The quantitative estimate of drug-likeness (QED) is 0.623. The highest BCUT2D eigenvalue weighted by Crippen LogP contribution is 2.39. The number of rotatable bonds is 8. The lowest BCUT2D eigenvalue weighted by molar-refractivity contribution is -0.136. The fourth-order valence-corrected chi connectivity index (χ4v) is 4.13. The van der Waals surface area contributed by atoms with Gasteiger partial charge >= 0.3 is 0 Å². The average molecular weight is 376 g/mol. The van der Waals surface area contributed by atoms with E-state index in [4.69, 9.17) is 0 Å². The van der Waals surface area contributed by atoms with Crippen LogP contribution >= 0.6 is 0 Å². The zero-order valence-electron chi connectivity index (χ0n) is 17.5.